The van der Waals surface area contributed by atoms with Crippen molar-refractivity contribution >= 4 is 55.4 Å². The Kier molecular flexibility index (Phi) is 13.8. The number of nitrogens with zero attached hydrogens (tertiary/aromatic N) is 9. The Balaban J connectivity index is 1.97. The van der Waals surface area contributed by atoms with Gasteiger partial charge in [-0.05, 0) is 70.4 Å². The second-order valence-corrected chi connectivity index (χ2v) is 14.8. The van der Waals surface area contributed by atoms with Crippen LogP contribution in [0.4, 0.5) is 34.1 Å². The monoisotopic (exact) mass is 804 g/mol. The number of anilines is 1. The van der Waals surface area contributed by atoms with Crippen molar-refractivity contribution in [3.8, 4) is 29.0 Å². The lowest BCUT2D eigenvalue weighted by Gasteiger charge is -2.24. The molecule has 4 aromatic rings. The molecular formula is C36H40N10O8S2. The van der Waals surface area contributed by atoms with Crippen LogP contribution in [0.2, 0.25) is 0 Å². The summed E-state index contributed by atoms with van der Waals surface area (Å²) < 4.78 is 56.5. The van der Waals surface area contributed by atoms with Crippen molar-refractivity contribution in [3.05, 3.63) is 85.2 Å². The lowest BCUT2D eigenvalue weighted by atomic mass is 10.0. The largest absolute Gasteiger partial charge is 0.503 e. The van der Waals surface area contributed by atoms with Gasteiger partial charge in [0, 0.05) is 42.9 Å². The summed E-state index contributed by atoms with van der Waals surface area (Å²) >= 11 is -2.60. The number of hydrogen-bond donors (Lipinski definition) is 4. The molecule has 4 rings (SSSR count). The summed E-state index contributed by atoms with van der Waals surface area (Å²) in [4.78, 5) is 29.3. The van der Waals surface area contributed by atoms with Crippen molar-refractivity contribution in [2.45, 2.75) is 72.4 Å². The zero-order chi connectivity index (χ0) is 41.5. The van der Waals surface area contributed by atoms with E-state index in [4.69, 9.17) is 6.57 Å². The van der Waals surface area contributed by atoms with Gasteiger partial charge < -0.3 is 10.2 Å². The molecule has 2 aromatic heterocycles. The summed E-state index contributed by atoms with van der Waals surface area (Å²) in [6.07, 6.45) is 0.867. The van der Waals surface area contributed by atoms with Crippen LogP contribution in [0.3, 0.4) is 0 Å². The van der Waals surface area contributed by atoms with E-state index < -0.39 is 44.2 Å². The number of aromatic nitrogens is 2. The zero-order valence-corrected chi connectivity index (χ0v) is 33.1. The van der Waals surface area contributed by atoms with Gasteiger partial charge in [-0.2, -0.15) is 15.5 Å². The zero-order valence-electron chi connectivity index (χ0n) is 31.4. The van der Waals surface area contributed by atoms with Gasteiger partial charge in [0.1, 0.15) is 17.3 Å². The molecular weight excluding hydrogens is 765 g/mol. The van der Waals surface area contributed by atoms with Crippen LogP contribution in [0.5, 0.6) is 11.8 Å². The molecule has 0 bridgehead atoms. The summed E-state index contributed by atoms with van der Waals surface area (Å²) in [7, 11) is -4.28. The Morgan fingerprint density at radius 1 is 0.875 bits per heavy atom. The Morgan fingerprint density at radius 2 is 1.43 bits per heavy atom. The van der Waals surface area contributed by atoms with E-state index >= 15 is 0 Å². The summed E-state index contributed by atoms with van der Waals surface area (Å²) in [5.41, 5.74) is -1.49. The molecule has 0 aliphatic carbocycles. The molecule has 0 saturated carbocycles. The Labute approximate surface area is 325 Å². The molecule has 0 spiro atoms. The van der Waals surface area contributed by atoms with Crippen LogP contribution >= 0.6 is 0 Å². The van der Waals surface area contributed by atoms with Crippen molar-refractivity contribution < 1.29 is 27.4 Å². The minimum absolute atomic E-state index is 0.00627. The van der Waals surface area contributed by atoms with Crippen molar-refractivity contribution in [2.75, 3.05) is 17.4 Å². The van der Waals surface area contributed by atoms with Crippen molar-refractivity contribution in [1.82, 2.24) is 13.9 Å². The van der Waals surface area contributed by atoms with E-state index in [2.05, 4.69) is 30.0 Å². The van der Waals surface area contributed by atoms with Gasteiger partial charge in [0.05, 0.1) is 28.5 Å². The summed E-state index contributed by atoms with van der Waals surface area (Å²) in [6.45, 7) is 17.3. The van der Waals surface area contributed by atoms with Gasteiger partial charge in [-0.25, -0.2) is 22.2 Å². The van der Waals surface area contributed by atoms with Gasteiger partial charge in [-0.15, -0.1) is 10.2 Å². The van der Waals surface area contributed by atoms with Gasteiger partial charge in [0.15, 0.2) is 11.6 Å². The van der Waals surface area contributed by atoms with E-state index in [1.54, 1.807) is 27.7 Å². The van der Waals surface area contributed by atoms with Gasteiger partial charge in [-0.3, -0.25) is 27.6 Å². The number of nitrogens with one attached hydrogen (secondary N) is 1. The highest BCUT2D eigenvalue weighted by atomic mass is 32.2. The second-order valence-electron chi connectivity index (χ2n) is 12.2. The first-order chi connectivity index (χ1) is 26.6. The number of hydrogen-bond acceptors (Lipinski definition) is 12. The van der Waals surface area contributed by atoms with Crippen LogP contribution < -0.4 is 20.1 Å². The SMILES string of the molecule is [C-]#[N+]c1c(C)c(N=Nc2ccc(-c3ccc(N=Nc4c(C)c(C#N)c(O)n(CC)c4=O)cc3N(CCC)S(=O)O)c(S(=O)(=O)NCCC)c2)c(=O)n(CC)c1O. The third kappa shape index (κ3) is 8.43. The highest BCUT2D eigenvalue weighted by Crippen LogP contribution is 2.41. The Hall–Kier alpha value is -6.06. The smallest absolute Gasteiger partial charge is 0.281 e. The maximum absolute atomic E-state index is 13.9. The molecule has 4 N–H and O–H groups in total. The average molecular weight is 805 g/mol. The number of sulfonamides is 1. The van der Waals surface area contributed by atoms with E-state index in [-0.39, 0.29) is 93.0 Å². The lowest BCUT2D eigenvalue weighted by Crippen LogP contribution is -2.27. The number of rotatable bonds is 15. The fraction of sp³-hybridized carbons (Fsp3) is 0.333. The van der Waals surface area contributed by atoms with Gasteiger partial charge in [0.2, 0.25) is 21.6 Å². The Bertz CT molecular complexity index is 2590. The molecule has 56 heavy (non-hydrogen) atoms. The minimum atomic E-state index is -4.28. The molecule has 0 saturated heterocycles. The fourth-order valence-electron chi connectivity index (χ4n) is 5.74. The second kappa shape index (κ2) is 18.0. The van der Waals surface area contributed by atoms with Crippen molar-refractivity contribution in [3.63, 3.8) is 0 Å². The molecule has 20 heteroatoms. The van der Waals surface area contributed by atoms with Crippen LogP contribution in [-0.4, -0.2) is 49.6 Å². The van der Waals surface area contributed by atoms with Gasteiger partial charge in [-0.1, -0.05) is 26.0 Å². The fourth-order valence-corrected chi connectivity index (χ4v) is 7.77. The highest BCUT2D eigenvalue weighted by Gasteiger charge is 2.26. The molecule has 0 aliphatic rings. The van der Waals surface area contributed by atoms with Crippen LogP contribution in [0, 0.1) is 31.8 Å². The molecule has 2 heterocycles. The quantitative estimate of drug-likeness (QED) is 0.0546. The van der Waals surface area contributed by atoms with Crippen LogP contribution in [0.25, 0.3) is 16.0 Å². The molecule has 1 atom stereocenters. The van der Waals surface area contributed by atoms with Crippen LogP contribution in [-0.2, 0) is 34.4 Å². The highest BCUT2D eigenvalue weighted by molar-refractivity contribution is 7.89. The van der Waals surface area contributed by atoms with Crippen molar-refractivity contribution in [1.29, 1.82) is 5.26 Å². The number of azo groups is 2. The predicted molar refractivity (Wildman–Crippen MR) is 211 cm³/mol. The van der Waals surface area contributed by atoms with Crippen molar-refractivity contribution in [2.24, 2.45) is 20.5 Å². The number of nitriles is 1. The summed E-state index contributed by atoms with van der Waals surface area (Å²) in [5.74, 6) is -1.00. The van der Waals surface area contributed by atoms with E-state index in [0.29, 0.717) is 12.8 Å². The maximum atomic E-state index is 13.9. The predicted octanol–water partition coefficient (Wildman–Crippen LogP) is 7.04. The molecule has 18 nitrogen and oxygen atoms in total. The van der Waals surface area contributed by atoms with Crippen LogP contribution in [0.1, 0.15) is 57.2 Å². The number of pyridine rings is 2. The molecule has 294 valence electrons. The van der Waals surface area contributed by atoms with E-state index in [0.717, 1.165) is 13.4 Å². The molecule has 0 aliphatic heterocycles. The average Bonchev–Trinajstić information content (AvgIpc) is 3.16. The molecule has 0 radical (unpaired) electrons. The van der Waals surface area contributed by atoms with Crippen LogP contribution in [0.15, 0.2) is 71.3 Å². The normalized spacial score (nSPS) is 12.2. The maximum Gasteiger partial charge on any atom is 0.281 e. The topological polar surface area (TPSA) is 249 Å². The number of aromatic hydroxyl groups is 2. The first-order valence-electron chi connectivity index (χ1n) is 17.3. The molecule has 0 fully saturated rings. The minimum Gasteiger partial charge on any atom is -0.503 e. The lowest BCUT2D eigenvalue weighted by molar-refractivity contribution is 0.409. The van der Waals surface area contributed by atoms with E-state index in [1.165, 1.54) is 50.2 Å². The summed E-state index contributed by atoms with van der Waals surface area (Å²) in [5, 5.41) is 47.0. The van der Waals surface area contributed by atoms with Gasteiger partial charge in [0.25, 0.3) is 22.4 Å². The third-order valence-electron chi connectivity index (χ3n) is 8.62. The third-order valence-corrected chi connectivity index (χ3v) is 10.9. The molecule has 0 amide bonds. The Morgan fingerprint density at radius 3 is 1.95 bits per heavy atom. The van der Waals surface area contributed by atoms with Gasteiger partial charge >= 0.3 is 0 Å². The number of benzene rings is 2. The standard InChI is InChI=1S/C36H40N10O8S2/c1-8-16-39-56(53,54)29-19-24(41-43-32-22(6)30(38-7)34(48)45(11-4)36(32)50)13-15-26(29)25-14-12-23(18-28(25)46(17-9-2)55(51)52)40-42-31-21(5)27(20-37)33(47)44(10-3)35(31)49/h12-15,18-19,39,47-48H,8-11,16-17H2,1-6H3,(H,51,52). The molecule has 1 unspecified atom stereocenters. The van der Waals surface area contributed by atoms with E-state index in [1.807, 2.05) is 6.07 Å². The first-order valence-corrected chi connectivity index (χ1v) is 19.9. The first kappa shape index (κ1) is 42.7. The summed E-state index contributed by atoms with van der Waals surface area (Å²) in [6, 6.07) is 10.3. The molecule has 2 aromatic carbocycles. The van der Waals surface area contributed by atoms with E-state index in [9.17, 15) is 42.2 Å².